The molecule has 2 rings (SSSR count). The van der Waals surface area contributed by atoms with Crippen molar-refractivity contribution in [3.05, 3.63) is 40.2 Å². The molecule has 0 amide bonds. The summed E-state index contributed by atoms with van der Waals surface area (Å²) < 4.78 is 10.3. The third kappa shape index (κ3) is 2.46. The van der Waals surface area contributed by atoms with Crippen LogP contribution < -0.4 is 4.74 Å². The van der Waals surface area contributed by atoms with Gasteiger partial charge in [0.2, 0.25) is 0 Å². The fraction of sp³-hybridized carbons (Fsp3) is 0.167. The van der Waals surface area contributed by atoms with Gasteiger partial charge in [0.15, 0.2) is 5.69 Å². The van der Waals surface area contributed by atoms with E-state index in [1.165, 1.54) is 0 Å². The van der Waals surface area contributed by atoms with E-state index in [9.17, 15) is 4.79 Å². The number of oxazole rings is 1. The van der Waals surface area contributed by atoms with E-state index in [0.717, 1.165) is 17.4 Å². The predicted molar refractivity (Wildman–Crippen MR) is 64.5 cm³/mol. The molecule has 0 atom stereocenters. The highest BCUT2D eigenvalue weighted by Gasteiger charge is 2.14. The second kappa shape index (κ2) is 4.70. The molecule has 0 saturated heterocycles. The Bertz CT molecular complexity index is 583. The van der Waals surface area contributed by atoms with Gasteiger partial charge in [0.05, 0.1) is 0 Å². The minimum Gasteiger partial charge on any atom is -0.476 e. The van der Waals surface area contributed by atoms with Crippen LogP contribution in [0, 0.1) is 13.8 Å². The molecule has 0 saturated carbocycles. The SMILES string of the molecule is Cc1cc(Cl)cc(C)c1Oc1nc(C(=O)O)co1. The maximum absolute atomic E-state index is 10.6. The molecule has 1 heterocycles. The number of carboxylic acids is 1. The molecule has 0 aliphatic carbocycles. The molecule has 0 radical (unpaired) electrons. The lowest BCUT2D eigenvalue weighted by atomic mass is 10.1. The Morgan fingerprint density at radius 3 is 2.50 bits per heavy atom. The second-order valence-electron chi connectivity index (χ2n) is 3.77. The van der Waals surface area contributed by atoms with E-state index in [1.54, 1.807) is 12.1 Å². The number of aromatic nitrogens is 1. The van der Waals surface area contributed by atoms with E-state index in [1.807, 2.05) is 13.8 Å². The Kier molecular flexibility index (Phi) is 3.25. The van der Waals surface area contributed by atoms with E-state index in [2.05, 4.69) is 4.98 Å². The summed E-state index contributed by atoms with van der Waals surface area (Å²) in [6.07, 6.45) is 0.916. The Balaban J connectivity index is 2.31. The van der Waals surface area contributed by atoms with Crippen LogP contribution in [0.15, 0.2) is 22.8 Å². The predicted octanol–water partition coefficient (Wildman–Crippen LogP) is 3.44. The highest BCUT2D eigenvalue weighted by Crippen LogP contribution is 2.30. The van der Waals surface area contributed by atoms with Crippen molar-refractivity contribution in [3.8, 4) is 11.8 Å². The third-order valence-corrected chi connectivity index (χ3v) is 2.53. The van der Waals surface area contributed by atoms with Gasteiger partial charge in [-0.15, -0.1) is 0 Å². The molecule has 0 unspecified atom stereocenters. The molecule has 0 aliphatic heterocycles. The molecule has 1 aromatic heterocycles. The van der Waals surface area contributed by atoms with Crippen molar-refractivity contribution >= 4 is 17.6 Å². The number of carboxylic acid groups (broad SMARTS) is 1. The number of carbonyl (C=O) groups is 1. The first kappa shape index (κ1) is 12.4. The van der Waals surface area contributed by atoms with Crippen molar-refractivity contribution in [2.75, 3.05) is 0 Å². The van der Waals surface area contributed by atoms with Gasteiger partial charge in [-0.05, 0) is 37.1 Å². The van der Waals surface area contributed by atoms with Gasteiger partial charge in [-0.25, -0.2) is 4.79 Å². The molecule has 0 bridgehead atoms. The number of nitrogens with zero attached hydrogens (tertiary/aromatic N) is 1. The second-order valence-corrected chi connectivity index (χ2v) is 4.21. The Morgan fingerprint density at radius 2 is 2.00 bits per heavy atom. The number of ether oxygens (including phenoxy) is 1. The summed E-state index contributed by atoms with van der Waals surface area (Å²) in [5.41, 5.74) is 1.43. The van der Waals surface area contributed by atoms with Crippen LogP contribution in [0.1, 0.15) is 21.6 Å². The zero-order valence-electron chi connectivity index (χ0n) is 9.73. The average molecular weight is 268 g/mol. The molecule has 5 nitrogen and oxygen atoms in total. The molecule has 1 N–H and O–H groups in total. The zero-order valence-corrected chi connectivity index (χ0v) is 10.5. The lowest BCUT2D eigenvalue weighted by Crippen LogP contribution is -1.96. The van der Waals surface area contributed by atoms with Crippen molar-refractivity contribution in [3.63, 3.8) is 0 Å². The van der Waals surface area contributed by atoms with Crippen LogP contribution in [0.25, 0.3) is 0 Å². The maximum atomic E-state index is 10.6. The minimum absolute atomic E-state index is 0.110. The first-order chi connectivity index (χ1) is 8.47. The number of benzene rings is 1. The first-order valence-electron chi connectivity index (χ1n) is 5.11. The van der Waals surface area contributed by atoms with Crippen LogP contribution in [-0.4, -0.2) is 16.1 Å². The van der Waals surface area contributed by atoms with Gasteiger partial charge in [-0.3, -0.25) is 0 Å². The van der Waals surface area contributed by atoms with Crippen molar-refractivity contribution in [1.82, 2.24) is 4.98 Å². The fourth-order valence-corrected chi connectivity index (χ4v) is 1.88. The molecule has 6 heteroatoms. The van der Waals surface area contributed by atoms with Gasteiger partial charge in [0.1, 0.15) is 12.0 Å². The van der Waals surface area contributed by atoms with Gasteiger partial charge >= 0.3 is 12.0 Å². The van der Waals surface area contributed by atoms with Crippen LogP contribution in [-0.2, 0) is 0 Å². The molecule has 0 fully saturated rings. The normalized spacial score (nSPS) is 10.4. The molecule has 0 aliphatic rings. The molecular weight excluding hydrogens is 258 g/mol. The fourth-order valence-electron chi connectivity index (χ4n) is 1.55. The highest BCUT2D eigenvalue weighted by atomic mass is 35.5. The number of halogens is 1. The number of rotatable bonds is 3. The molecule has 0 spiro atoms. The Hall–Kier alpha value is -2.01. The zero-order chi connectivity index (χ0) is 13.3. The van der Waals surface area contributed by atoms with Gasteiger partial charge in [-0.2, -0.15) is 4.98 Å². The summed E-state index contributed by atoms with van der Waals surface area (Å²) in [6, 6.07) is 3.48. The van der Waals surface area contributed by atoms with Gasteiger partial charge in [-0.1, -0.05) is 11.6 Å². The molecule has 2 aromatic rings. The quantitative estimate of drug-likeness (QED) is 0.922. The molecular formula is C12H10ClNO4. The molecule has 18 heavy (non-hydrogen) atoms. The number of hydrogen-bond donors (Lipinski definition) is 1. The Morgan fingerprint density at radius 1 is 1.39 bits per heavy atom. The van der Waals surface area contributed by atoms with Crippen LogP contribution in [0.4, 0.5) is 0 Å². The maximum Gasteiger partial charge on any atom is 0.399 e. The third-order valence-electron chi connectivity index (χ3n) is 2.32. The minimum atomic E-state index is -1.17. The topological polar surface area (TPSA) is 72.6 Å². The number of aryl methyl sites for hydroxylation is 2. The lowest BCUT2D eigenvalue weighted by Gasteiger charge is -2.08. The highest BCUT2D eigenvalue weighted by molar-refractivity contribution is 6.30. The van der Waals surface area contributed by atoms with E-state index < -0.39 is 5.97 Å². The smallest absolute Gasteiger partial charge is 0.399 e. The summed E-state index contributed by atoms with van der Waals surface area (Å²) in [5.74, 6) is -0.615. The summed E-state index contributed by atoms with van der Waals surface area (Å²) in [7, 11) is 0. The van der Waals surface area contributed by atoms with E-state index >= 15 is 0 Å². The van der Waals surface area contributed by atoms with Crippen LogP contribution in [0.5, 0.6) is 11.8 Å². The van der Waals surface area contributed by atoms with Crippen molar-refractivity contribution in [2.24, 2.45) is 0 Å². The van der Waals surface area contributed by atoms with Crippen molar-refractivity contribution in [2.45, 2.75) is 13.8 Å². The van der Waals surface area contributed by atoms with E-state index in [0.29, 0.717) is 10.8 Å². The average Bonchev–Trinajstić information content (AvgIpc) is 2.71. The first-order valence-corrected chi connectivity index (χ1v) is 5.48. The summed E-state index contributed by atoms with van der Waals surface area (Å²) in [5, 5.41) is 9.32. The summed E-state index contributed by atoms with van der Waals surface area (Å²) in [6.45, 7) is 3.66. The molecule has 94 valence electrons. The van der Waals surface area contributed by atoms with Gasteiger partial charge in [0.25, 0.3) is 0 Å². The largest absolute Gasteiger partial charge is 0.476 e. The number of aromatic carboxylic acids is 1. The Labute approximate surface area is 108 Å². The molecule has 1 aromatic carbocycles. The van der Waals surface area contributed by atoms with Crippen LogP contribution in [0.2, 0.25) is 5.02 Å². The van der Waals surface area contributed by atoms with E-state index in [4.69, 9.17) is 25.9 Å². The van der Waals surface area contributed by atoms with Crippen LogP contribution in [0.3, 0.4) is 0 Å². The van der Waals surface area contributed by atoms with Crippen molar-refractivity contribution < 1.29 is 19.1 Å². The summed E-state index contributed by atoms with van der Waals surface area (Å²) in [4.78, 5) is 14.3. The van der Waals surface area contributed by atoms with Crippen molar-refractivity contribution in [1.29, 1.82) is 0 Å². The van der Waals surface area contributed by atoms with Gasteiger partial charge in [0, 0.05) is 5.02 Å². The van der Waals surface area contributed by atoms with Crippen LogP contribution >= 0.6 is 11.6 Å². The summed E-state index contributed by atoms with van der Waals surface area (Å²) >= 11 is 5.90. The standard InChI is InChI=1S/C12H10ClNO4/c1-6-3-8(13)4-7(2)10(6)18-12-14-9(5-17-12)11(15)16/h3-5H,1-2H3,(H,15,16). The van der Waals surface area contributed by atoms with E-state index in [-0.39, 0.29) is 11.8 Å². The number of hydrogen-bond acceptors (Lipinski definition) is 4. The lowest BCUT2D eigenvalue weighted by molar-refractivity contribution is 0.0690. The van der Waals surface area contributed by atoms with Gasteiger partial charge < -0.3 is 14.3 Å². The monoisotopic (exact) mass is 267 g/mol.